The molecule has 0 fully saturated rings. The topological polar surface area (TPSA) is 446 Å². The van der Waals surface area contributed by atoms with Crippen LogP contribution >= 0.6 is 0 Å². The van der Waals surface area contributed by atoms with Gasteiger partial charge in [-0.1, -0.05) is 12.1 Å². The summed E-state index contributed by atoms with van der Waals surface area (Å²) >= 11 is 0. The van der Waals surface area contributed by atoms with Crippen LogP contribution in [0.25, 0.3) is 0 Å². The molecular weight excluding hydrogens is 1350 g/mol. The monoisotopic (exact) mass is 1390 g/mol. The third-order valence-electron chi connectivity index (χ3n) is 13.9. The molecule has 32 nitrogen and oxygen atoms in total. The summed E-state index contributed by atoms with van der Waals surface area (Å²) in [6.45, 7) is -0.685. The number of rotatable bonds is 21. The minimum absolute atomic E-state index is 0.00444. The SMILES string of the molecule is O=C1c2ccc(CO)cc2C(=O)N1OS(=O)(=O)c1ccc(Oc2ccc(S(=O)(=O)ON3C(=O)c4ccc(CO)cc4C3=O)cc2)cc1.O=COc1ccc2c(c1)C(=O)N(OS(=O)(=O)c1ccc(Oc3ccc(S(=O)(=O)ON4C(=O)c5ccc(C(=O)O)cc5C4=O)cc3)cc1)C2=O. The number of hydrogen-bond acceptors (Lipinski definition) is 27. The van der Waals surface area contributed by atoms with E-state index < -0.39 is 126 Å². The van der Waals surface area contributed by atoms with Gasteiger partial charge in [0.1, 0.15) is 28.7 Å². The zero-order valence-electron chi connectivity index (χ0n) is 47.6. The van der Waals surface area contributed by atoms with E-state index in [4.69, 9.17) is 31.7 Å². The third kappa shape index (κ3) is 12.7. The van der Waals surface area contributed by atoms with E-state index in [1.165, 1.54) is 97.1 Å². The van der Waals surface area contributed by atoms with E-state index in [0.29, 0.717) is 11.1 Å². The molecule has 0 aromatic heterocycles. The average Bonchev–Trinajstić information content (AvgIpc) is 1.63. The first-order valence-electron chi connectivity index (χ1n) is 26.7. The largest absolute Gasteiger partial charge is 0.478 e. The molecule has 8 aromatic carbocycles. The average molecular weight is 1390 g/mol. The summed E-state index contributed by atoms with van der Waals surface area (Å²) in [5.41, 5.74) is -1.03. The number of carbonyl (C=O) groups excluding carboxylic acids is 9. The van der Waals surface area contributed by atoms with E-state index >= 15 is 0 Å². The highest BCUT2D eigenvalue weighted by atomic mass is 32.2. The van der Waals surface area contributed by atoms with Gasteiger partial charge < -0.3 is 29.5 Å². The molecule has 12 rings (SSSR count). The number of carbonyl (C=O) groups is 10. The van der Waals surface area contributed by atoms with Gasteiger partial charge in [0.15, 0.2) is 0 Å². The van der Waals surface area contributed by atoms with E-state index in [-0.39, 0.29) is 106 Å². The van der Waals surface area contributed by atoms with Crippen molar-refractivity contribution in [2.45, 2.75) is 32.8 Å². The van der Waals surface area contributed by atoms with Crippen molar-refractivity contribution in [1.82, 2.24) is 20.3 Å². The van der Waals surface area contributed by atoms with E-state index in [1.807, 2.05) is 0 Å². The number of nitrogens with zero attached hydrogens (tertiary/aromatic N) is 4. The predicted molar refractivity (Wildman–Crippen MR) is 312 cm³/mol. The second-order valence-corrected chi connectivity index (χ2v) is 26.0. The molecule has 96 heavy (non-hydrogen) atoms. The van der Waals surface area contributed by atoms with Crippen LogP contribution in [-0.2, 0) is 75.6 Å². The van der Waals surface area contributed by atoms with Crippen LogP contribution in [0.2, 0.25) is 0 Å². The Morgan fingerprint density at radius 2 is 0.583 bits per heavy atom. The van der Waals surface area contributed by atoms with Crippen LogP contribution in [0.3, 0.4) is 0 Å². The summed E-state index contributed by atoms with van der Waals surface area (Å²) in [6.07, 6.45) is 0. The number of aliphatic hydroxyl groups is 2. The number of carboxylic acid groups (broad SMARTS) is 1. The van der Waals surface area contributed by atoms with Crippen molar-refractivity contribution in [1.29, 1.82) is 0 Å². The molecule has 8 amide bonds. The van der Waals surface area contributed by atoms with Crippen LogP contribution in [-0.4, -0.2) is 129 Å². The van der Waals surface area contributed by atoms with Gasteiger partial charge in [0.2, 0.25) is 0 Å². The molecule has 0 spiro atoms. The minimum Gasteiger partial charge on any atom is -0.478 e. The molecule has 0 saturated heterocycles. The van der Waals surface area contributed by atoms with Gasteiger partial charge in [-0.15, -0.1) is 37.4 Å². The molecular formula is C60H36N4O28S4. The Bertz CT molecular complexity index is 5030. The van der Waals surface area contributed by atoms with Crippen LogP contribution in [0.15, 0.2) is 189 Å². The first kappa shape index (κ1) is 65.9. The number of aliphatic hydroxyl groups excluding tert-OH is 2. The summed E-state index contributed by atoms with van der Waals surface area (Å²) in [4.78, 5) is 121. The van der Waals surface area contributed by atoms with Crippen molar-refractivity contribution < 1.29 is 128 Å². The summed E-state index contributed by atoms with van der Waals surface area (Å²) in [7, 11) is -18.8. The molecule has 0 unspecified atom stereocenters. The van der Waals surface area contributed by atoms with E-state index in [1.54, 1.807) is 0 Å². The number of aromatic carboxylic acids is 1. The highest BCUT2D eigenvalue weighted by molar-refractivity contribution is 7.87. The normalized spacial score (nSPS) is 14.3. The second-order valence-electron chi connectivity index (χ2n) is 19.9. The molecule has 0 saturated carbocycles. The van der Waals surface area contributed by atoms with Crippen LogP contribution < -0.4 is 14.2 Å². The van der Waals surface area contributed by atoms with Crippen LogP contribution in [0, 0.1) is 0 Å². The molecule has 4 heterocycles. The fourth-order valence-electron chi connectivity index (χ4n) is 9.21. The highest BCUT2D eigenvalue weighted by Crippen LogP contribution is 2.35. The van der Waals surface area contributed by atoms with Crippen LogP contribution in [0.1, 0.15) is 104 Å². The van der Waals surface area contributed by atoms with Crippen LogP contribution in [0.4, 0.5) is 0 Å². The second kappa shape index (κ2) is 25.4. The van der Waals surface area contributed by atoms with Crippen molar-refractivity contribution >= 4 is 100 Å². The molecule has 0 bridgehead atoms. The van der Waals surface area contributed by atoms with Gasteiger partial charge in [-0.2, -0.15) is 33.7 Å². The Morgan fingerprint density at radius 3 is 0.865 bits per heavy atom. The Labute approximate surface area is 538 Å². The van der Waals surface area contributed by atoms with Crippen molar-refractivity contribution in [3.8, 4) is 28.7 Å². The smallest absolute Gasteiger partial charge is 0.335 e. The van der Waals surface area contributed by atoms with E-state index in [2.05, 4.69) is 4.74 Å². The molecule has 8 aromatic rings. The Kier molecular flexibility index (Phi) is 17.4. The number of carboxylic acids is 1. The number of hydrogen-bond donors (Lipinski definition) is 3. The Hall–Kier alpha value is -11.6. The molecule has 0 aliphatic carbocycles. The molecule has 4 aliphatic heterocycles. The maximum atomic E-state index is 12.9. The molecule has 3 N–H and O–H groups in total. The Morgan fingerprint density at radius 1 is 0.333 bits per heavy atom. The zero-order chi connectivity index (χ0) is 68.9. The summed E-state index contributed by atoms with van der Waals surface area (Å²) in [5.74, 6) is -9.52. The molecule has 0 radical (unpaired) electrons. The molecule has 36 heteroatoms. The number of imide groups is 4. The van der Waals surface area contributed by atoms with Gasteiger partial charge in [0.25, 0.3) is 53.7 Å². The highest BCUT2D eigenvalue weighted by Gasteiger charge is 2.45. The minimum atomic E-state index is -4.75. The van der Waals surface area contributed by atoms with Crippen molar-refractivity contribution in [3.63, 3.8) is 0 Å². The van der Waals surface area contributed by atoms with Gasteiger partial charge in [-0.25, -0.2) is 4.79 Å². The first-order valence-corrected chi connectivity index (χ1v) is 32.3. The van der Waals surface area contributed by atoms with Crippen LogP contribution in [0.5, 0.6) is 28.7 Å². The van der Waals surface area contributed by atoms with E-state index in [9.17, 15) is 91.8 Å². The molecule has 4 aliphatic rings. The van der Waals surface area contributed by atoms with Gasteiger partial charge in [0.05, 0.1) is 82.9 Å². The standard InChI is InChI=1S/C30H16N2O15S2.C30H20N2O13S2/c33-15-44-19-6-12-23-25(14-19)29(37)32(27(23)35)47-49(42,43)21-9-4-18(5-10-21)45-17-2-7-20(8-3-17)48(40,41)46-31-26(34)22-11-1-16(30(38)39)13-24(22)28(31)36;33-15-17-1-11-23-25(13-17)29(37)31(27(23)35)44-46(39,40)21-7-3-19(4-8-21)43-20-5-9-22(10-6-20)47(41,42)45-32-28(36)24-12-2-18(16-34)14-26(24)30(32)38/h1-15H,(H,38,39);1-14,33-34H,15-16H2. The summed E-state index contributed by atoms with van der Waals surface area (Å²) in [5, 5.41) is 28.0. The van der Waals surface area contributed by atoms with Crippen molar-refractivity contribution in [2.24, 2.45) is 0 Å². The molecule has 0 atom stereocenters. The number of ether oxygens (including phenoxy) is 3. The maximum Gasteiger partial charge on any atom is 0.335 e. The number of fused-ring (bicyclic) bond motifs is 4. The predicted octanol–water partition coefficient (Wildman–Crippen LogP) is 4.84. The fourth-order valence-corrected chi connectivity index (χ4v) is 12.8. The maximum absolute atomic E-state index is 12.9. The lowest BCUT2D eigenvalue weighted by molar-refractivity contribution is -0.120. The third-order valence-corrected chi connectivity index (χ3v) is 18.7. The lowest BCUT2D eigenvalue weighted by Gasteiger charge is -2.14. The summed E-state index contributed by atoms with van der Waals surface area (Å²) in [6, 6.07) is 32.7. The van der Waals surface area contributed by atoms with Crippen molar-refractivity contribution in [2.75, 3.05) is 0 Å². The van der Waals surface area contributed by atoms with Gasteiger partial charge >= 0.3 is 46.4 Å². The molecule has 488 valence electrons. The lowest BCUT2D eigenvalue weighted by atomic mass is 10.1. The first-order chi connectivity index (χ1) is 45.5. The fraction of sp³-hybridized carbons (Fsp3) is 0.0333. The van der Waals surface area contributed by atoms with Crippen molar-refractivity contribution in [3.05, 3.63) is 231 Å². The van der Waals surface area contributed by atoms with Gasteiger partial charge in [-0.05, 0) is 169 Å². The van der Waals surface area contributed by atoms with Gasteiger partial charge in [0, 0.05) is 0 Å². The number of hydroxylamine groups is 8. The lowest BCUT2D eigenvalue weighted by Crippen LogP contribution is -2.32. The van der Waals surface area contributed by atoms with Gasteiger partial charge in [-0.3, -0.25) is 43.2 Å². The zero-order valence-corrected chi connectivity index (χ0v) is 50.9. The van der Waals surface area contributed by atoms with E-state index in [0.717, 1.165) is 72.8 Å². The Balaban J connectivity index is 0.000000195. The summed E-state index contributed by atoms with van der Waals surface area (Å²) < 4.78 is 138. The quantitative estimate of drug-likeness (QED) is 0.0639. The number of benzene rings is 8. The number of amides is 8.